The van der Waals surface area contributed by atoms with Gasteiger partial charge in [-0.2, -0.15) is 0 Å². The van der Waals surface area contributed by atoms with E-state index >= 15 is 0 Å². The Morgan fingerprint density at radius 3 is 2.48 bits per heavy atom. The molecule has 1 aliphatic heterocycles. The van der Waals surface area contributed by atoms with Gasteiger partial charge in [-0.3, -0.25) is 0 Å². The molecule has 0 atom stereocenters. The Morgan fingerprint density at radius 2 is 1.87 bits per heavy atom. The largest absolute Gasteiger partial charge is 0.338 e. The van der Waals surface area contributed by atoms with Crippen LogP contribution in [-0.2, 0) is 15.8 Å². The fraction of sp³-hybridized carbons (Fsp3) is 0.562. The average Bonchev–Trinajstić information content (AvgIpc) is 2.54. The van der Waals surface area contributed by atoms with Crippen molar-refractivity contribution in [3.63, 3.8) is 0 Å². The van der Waals surface area contributed by atoms with Crippen molar-refractivity contribution in [1.29, 1.82) is 0 Å². The van der Waals surface area contributed by atoms with Gasteiger partial charge in [-0.25, -0.2) is 17.5 Å². The van der Waals surface area contributed by atoms with Gasteiger partial charge in [-0.1, -0.05) is 37.3 Å². The topological polar surface area (TPSA) is 78.5 Å². The third-order valence-corrected chi connectivity index (χ3v) is 5.76. The summed E-state index contributed by atoms with van der Waals surface area (Å²) in [5.74, 6) is 0.0307. The maximum Gasteiger partial charge on any atom is 0.315 e. The van der Waals surface area contributed by atoms with Crippen molar-refractivity contribution in [1.82, 2.24) is 14.9 Å². The van der Waals surface area contributed by atoms with E-state index in [1.165, 1.54) is 4.31 Å². The summed E-state index contributed by atoms with van der Waals surface area (Å²) in [6, 6.07) is 9.07. The van der Waals surface area contributed by atoms with E-state index in [1.54, 1.807) is 0 Å². The maximum absolute atomic E-state index is 12.5. The van der Waals surface area contributed by atoms with Crippen molar-refractivity contribution in [3.05, 3.63) is 35.9 Å². The SMILES string of the molecule is CCCNC(=O)NC1CCN(S(=O)(=O)Cc2ccccc2)CC1. The van der Waals surface area contributed by atoms with Crippen LogP contribution in [0.15, 0.2) is 30.3 Å². The summed E-state index contributed by atoms with van der Waals surface area (Å²) in [5, 5.41) is 5.68. The van der Waals surface area contributed by atoms with Crippen molar-refractivity contribution in [2.24, 2.45) is 0 Å². The molecule has 0 aromatic heterocycles. The van der Waals surface area contributed by atoms with E-state index in [0.29, 0.717) is 32.5 Å². The summed E-state index contributed by atoms with van der Waals surface area (Å²) in [6.45, 7) is 3.55. The Balaban J connectivity index is 1.82. The van der Waals surface area contributed by atoms with E-state index in [-0.39, 0.29) is 17.8 Å². The second kappa shape index (κ2) is 8.31. The predicted octanol–water partition coefficient (Wildman–Crippen LogP) is 1.69. The zero-order valence-corrected chi connectivity index (χ0v) is 14.3. The molecule has 23 heavy (non-hydrogen) atoms. The molecule has 1 aromatic rings. The predicted molar refractivity (Wildman–Crippen MR) is 90.5 cm³/mol. The van der Waals surface area contributed by atoms with E-state index in [0.717, 1.165) is 12.0 Å². The van der Waals surface area contributed by atoms with Gasteiger partial charge in [0.05, 0.1) is 5.75 Å². The zero-order valence-electron chi connectivity index (χ0n) is 13.5. The van der Waals surface area contributed by atoms with Crippen LogP contribution in [0.3, 0.4) is 0 Å². The lowest BCUT2D eigenvalue weighted by molar-refractivity contribution is 0.227. The van der Waals surface area contributed by atoms with Gasteiger partial charge < -0.3 is 10.6 Å². The number of carbonyl (C=O) groups is 1. The number of amides is 2. The number of sulfonamides is 1. The smallest absolute Gasteiger partial charge is 0.315 e. The highest BCUT2D eigenvalue weighted by Crippen LogP contribution is 2.17. The Bertz CT molecular complexity index is 596. The molecule has 1 saturated heterocycles. The van der Waals surface area contributed by atoms with E-state index in [9.17, 15) is 13.2 Å². The van der Waals surface area contributed by atoms with Crippen LogP contribution in [-0.4, -0.2) is 44.4 Å². The quantitative estimate of drug-likeness (QED) is 0.828. The van der Waals surface area contributed by atoms with Crippen LogP contribution in [0.5, 0.6) is 0 Å². The number of hydrogen-bond donors (Lipinski definition) is 2. The lowest BCUT2D eigenvalue weighted by Gasteiger charge is -2.31. The fourth-order valence-corrected chi connectivity index (χ4v) is 4.19. The van der Waals surface area contributed by atoms with Gasteiger partial charge >= 0.3 is 6.03 Å². The highest BCUT2D eigenvalue weighted by molar-refractivity contribution is 7.88. The van der Waals surface area contributed by atoms with Gasteiger partial charge in [-0.15, -0.1) is 0 Å². The van der Waals surface area contributed by atoms with Crippen LogP contribution >= 0.6 is 0 Å². The van der Waals surface area contributed by atoms with Gasteiger partial charge in [0.15, 0.2) is 0 Å². The molecule has 1 aromatic carbocycles. The van der Waals surface area contributed by atoms with Crippen LogP contribution in [0.25, 0.3) is 0 Å². The Labute approximate surface area is 138 Å². The summed E-state index contributed by atoms with van der Waals surface area (Å²) in [7, 11) is -3.30. The third kappa shape index (κ3) is 5.51. The standard InChI is InChI=1S/C16H25N3O3S/c1-2-10-17-16(20)18-15-8-11-19(12-9-15)23(21,22)13-14-6-4-3-5-7-14/h3-7,15H,2,8-13H2,1H3,(H2,17,18,20). The maximum atomic E-state index is 12.5. The minimum absolute atomic E-state index is 0.0307. The zero-order chi connectivity index (χ0) is 16.7. The fourth-order valence-electron chi connectivity index (χ4n) is 2.63. The summed E-state index contributed by atoms with van der Waals surface area (Å²) in [5.41, 5.74) is 0.798. The minimum atomic E-state index is -3.30. The Morgan fingerprint density at radius 1 is 1.22 bits per heavy atom. The van der Waals surface area contributed by atoms with Crippen LogP contribution < -0.4 is 10.6 Å². The van der Waals surface area contributed by atoms with Gasteiger partial charge in [0.1, 0.15) is 0 Å². The number of piperidine rings is 1. The molecule has 1 heterocycles. The number of urea groups is 1. The number of nitrogens with zero attached hydrogens (tertiary/aromatic N) is 1. The Hall–Kier alpha value is -1.60. The first-order chi connectivity index (χ1) is 11.0. The van der Waals surface area contributed by atoms with Crippen molar-refractivity contribution in [2.75, 3.05) is 19.6 Å². The molecular weight excluding hydrogens is 314 g/mol. The molecule has 0 aliphatic carbocycles. The molecule has 1 fully saturated rings. The van der Waals surface area contributed by atoms with Crippen LogP contribution in [0.2, 0.25) is 0 Å². The third-order valence-electron chi connectivity index (χ3n) is 3.91. The molecule has 7 heteroatoms. The molecule has 128 valence electrons. The molecule has 0 bridgehead atoms. The van der Waals surface area contributed by atoms with E-state index in [1.807, 2.05) is 37.3 Å². The van der Waals surface area contributed by atoms with Crippen molar-refractivity contribution in [3.8, 4) is 0 Å². The second-order valence-electron chi connectivity index (χ2n) is 5.82. The second-order valence-corrected chi connectivity index (χ2v) is 7.78. The number of carbonyl (C=O) groups excluding carboxylic acids is 1. The van der Waals surface area contributed by atoms with Gasteiger partial charge in [-0.05, 0) is 24.8 Å². The van der Waals surface area contributed by atoms with Gasteiger partial charge in [0.25, 0.3) is 0 Å². The monoisotopic (exact) mass is 339 g/mol. The van der Waals surface area contributed by atoms with E-state index in [2.05, 4.69) is 10.6 Å². The van der Waals surface area contributed by atoms with Gasteiger partial charge in [0.2, 0.25) is 10.0 Å². The molecule has 2 N–H and O–H groups in total. The van der Waals surface area contributed by atoms with Crippen LogP contribution in [0.4, 0.5) is 4.79 Å². The number of benzene rings is 1. The lowest BCUT2D eigenvalue weighted by Crippen LogP contribution is -2.49. The molecular formula is C16H25N3O3S. The van der Waals surface area contributed by atoms with Crippen LogP contribution in [0, 0.1) is 0 Å². The molecule has 0 radical (unpaired) electrons. The summed E-state index contributed by atoms with van der Waals surface area (Å²) >= 11 is 0. The number of hydrogen-bond acceptors (Lipinski definition) is 3. The van der Waals surface area contributed by atoms with Crippen molar-refractivity contribution in [2.45, 2.75) is 38.0 Å². The van der Waals surface area contributed by atoms with Crippen LogP contribution in [0.1, 0.15) is 31.7 Å². The summed E-state index contributed by atoms with van der Waals surface area (Å²) in [4.78, 5) is 11.6. The summed E-state index contributed by atoms with van der Waals surface area (Å²) in [6.07, 6.45) is 2.19. The highest BCUT2D eigenvalue weighted by Gasteiger charge is 2.28. The molecule has 2 rings (SSSR count). The van der Waals surface area contributed by atoms with Gasteiger partial charge in [0, 0.05) is 25.7 Å². The molecule has 2 amide bonds. The normalized spacial score (nSPS) is 16.9. The lowest BCUT2D eigenvalue weighted by atomic mass is 10.1. The first kappa shape index (κ1) is 17.7. The highest BCUT2D eigenvalue weighted by atomic mass is 32.2. The Kier molecular flexibility index (Phi) is 6.41. The first-order valence-corrected chi connectivity index (χ1v) is 9.68. The number of nitrogens with one attached hydrogen (secondary N) is 2. The first-order valence-electron chi connectivity index (χ1n) is 8.07. The molecule has 0 unspecified atom stereocenters. The molecule has 0 saturated carbocycles. The van der Waals surface area contributed by atoms with Crippen molar-refractivity contribution < 1.29 is 13.2 Å². The van der Waals surface area contributed by atoms with E-state index < -0.39 is 10.0 Å². The summed E-state index contributed by atoms with van der Waals surface area (Å²) < 4.78 is 26.4. The van der Waals surface area contributed by atoms with E-state index in [4.69, 9.17) is 0 Å². The minimum Gasteiger partial charge on any atom is -0.338 e. The molecule has 6 nitrogen and oxygen atoms in total. The van der Waals surface area contributed by atoms with Crippen molar-refractivity contribution >= 4 is 16.1 Å². The molecule has 1 aliphatic rings. The molecule has 0 spiro atoms. The average molecular weight is 339 g/mol. The number of rotatable bonds is 6.